The minimum absolute atomic E-state index is 0.180. The van der Waals surface area contributed by atoms with Crippen LogP contribution in [0, 0.1) is 11.8 Å². The van der Waals surface area contributed by atoms with Crippen LogP contribution in [0.3, 0.4) is 0 Å². The first-order valence-corrected chi connectivity index (χ1v) is 24.1. The number of pyridine rings is 2. The summed E-state index contributed by atoms with van der Waals surface area (Å²) in [5, 5.41) is 4.59. The molecule has 5 aliphatic rings. The molecular formula is C52H56Cl2N6O7. The monoisotopic (exact) mass is 946 g/mol. The van der Waals surface area contributed by atoms with E-state index in [0.717, 1.165) is 129 Å². The second-order valence-electron chi connectivity index (χ2n) is 18.4. The number of aromatic nitrogens is 4. The minimum atomic E-state index is -0.986. The van der Waals surface area contributed by atoms with Crippen molar-refractivity contribution < 1.29 is 33.2 Å². The molecule has 0 spiro atoms. The van der Waals surface area contributed by atoms with Gasteiger partial charge in [-0.25, -0.2) is 9.78 Å². The third-order valence-corrected chi connectivity index (χ3v) is 14.1. The fourth-order valence-corrected chi connectivity index (χ4v) is 10.0. The van der Waals surface area contributed by atoms with Crippen molar-refractivity contribution in [2.24, 2.45) is 11.8 Å². The van der Waals surface area contributed by atoms with Gasteiger partial charge in [0.05, 0.1) is 52.9 Å². The molecule has 0 radical (unpaired) electrons. The number of hydrogen-bond acceptors (Lipinski definition) is 12. The number of nitrogens with one attached hydrogen (secondary N) is 1. The van der Waals surface area contributed by atoms with E-state index in [9.17, 15) is 4.79 Å². The number of piperidine rings is 2. The summed E-state index contributed by atoms with van der Waals surface area (Å²) in [4.78, 5) is 28.5. The first-order chi connectivity index (χ1) is 32.5. The van der Waals surface area contributed by atoms with Crippen molar-refractivity contribution in [1.82, 2.24) is 29.7 Å². The van der Waals surface area contributed by atoms with E-state index >= 15 is 0 Å². The maximum absolute atomic E-state index is 12.2. The van der Waals surface area contributed by atoms with Crippen LogP contribution in [0.5, 0.6) is 23.0 Å². The zero-order chi connectivity index (χ0) is 46.1. The van der Waals surface area contributed by atoms with E-state index in [1.54, 1.807) is 30.6 Å². The number of esters is 1. The van der Waals surface area contributed by atoms with Gasteiger partial charge >= 0.3 is 5.97 Å². The van der Waals surface area contributed by atoms with Gasteiger partial charge in [0.25, 0.3) is 11.6 Å². The van der Waals surface area contributed by atoms with Crippen molar-refractivity contribution in [3.05, 3.63) is 135 Å². The topological polar surface area (TPSA) is 131 Å². The Hall–Kier alpha value is -5.44. The van der Waals surface area contributed by atoms with Crippen molar-refractivity contribution in [3.8, 4) is 23.0 Å². The third kappa shape index (κ3) is 9.80. The van der Waals surface area contributed by atoms with Gasteiger partial charge in [0.15, 0.2) is 23.0 Å². The van der Waals surface area contributed by atoms with Gasteiger partial charge < -0.3 is 38.3 Å². The average molecular weight is 948 g/mol. The van der Waals surface area contributed by atoms with E-state index in [1.165, 1.54) is 25.5 Å². The second-order valence-corrected chi connectivity index (χ2v) is 19.3. The Morgan fingerprint density at radius 2 is 1.34 bits per heavy atom. The Balaban J connectivity index is 0.000000184. The smallest absolute Gasteiger partial charge is 0.337 e. The Labute approximate surface area is 401 Å². The number of fused-ring (bicyclic) bond motifs is 3. The number of carbonyl (C=O) groups excluding carboxylic acids is 1. The van der Waals surface area contributed by atoms with Gasteiger partial charge in [0.2, 0.25) is 0 Å². The van der Waals surface area contributed by atoms with E-state index in [4.69, 9.17) is 56.6 Å². The summed E-state index contributed by atoms with van der Waals surface area (Å²) in [6.07, 6.45) is 11.0. The lowest BCUT2D eigenvalue weighted by atomic mass is 9.89. The van der Waals surface area contributed by atoms with Crippen LogP contribution in [-0.2, 0) is 47.0 Å². The maximum atomic E-state index is 12.2. The number of nitrogens with zero attached hydrogens (tertiary/aromatic N) is 5. The summed E-state index contributed by atoms with van der Waals surface area (Å²) in [6.45, 7) is 10.3. The molecule has 2 unspecified atom stereocenters. The molecule has 0 bridgehead atoms. The molecule has 3 atom stereocenters. The molecule has 3 saturated heterocycles. The summed E-state index contributed by atoms with van der Waals surface area (Å²) >= 11 is 12.0. The molecule has 15 heteroatoms. The van der Waals surface area contributed by atoms with Crippen molar-refractivity contribution in [3.63, 3.8) is 0 Å². The van der Waals surface area contributed by atoms with E-state index in [2.05, 4.69) is 36.9 Å². The Morgan fingerprint density at radius 1 is 0.761 bits per heavy atom. The second kappa shape index (κ2) is 19.3. The summed E-state index contributed by atoms with van der Waals surface area (Å²) in [5.41, 5.74) is 6.15. The van der Waals surface area contributed by atoms with Crippen LogP contribution in [0.1, 0.15) is 84.6 Å². The highest BCUT2D eigenvalue weighted by molar-refractivity contribution is 6.30. The Morgan fingerprint density at radius 3 is 1.87 bits per heavy atom. The van der Waals surface area contributed by atoms with Crippen LogP contribution < -0.4 is 24.3 Å². The molecule has 13 nitrogen and oxygen atoms in total. The van der Waals surface area contributed by atoms with Crippen LogP contribution in [0.25, 0.3) is 11.0 Å². The standard InChI is InChI=1S/C33H35ClN4O5.C19H21ClN2O2/c1-33(29-9-7-24(34)18-35-29)42-28-5-3-4-22(31(28)43-33)16-21-10-13-37(14-11-21)20-30-36-26-8-6-23(32(39)40-2)17-27(26)38(30)19-25-12-15-41-25;1-19(17-6-5-15(20)12-22-17)23-16-4-2-3-14(18(16)24-19)11-13-7-9-21-10-8-13/h3-9,17-18,21,25H,10-16,19-20H2,1-2H3;2-6,12-13,21H,7-11H2,1H3/t25-,33?;/m0./s1. The number of para-hydroxylation sites is 2. The zero-order valence-electron chi connectivity index (χ0n) is 38.1. The van der Waals surface area contributed by atoms with Gasteiger partial charge in [-0.3, -0.25) is 14.9 Å². The Kier molecular flexibility index (Phi) is 13.0. The first kappa shape index (κ1) is 45.3. The molecule has 1 N–H and O–H groups in total. The van der Waals surface area contributed by atoms with Crippen LogP contribution in [0.2, 0.25) is 10.0 Å². The van der Waals surface area contributed by atoms with Crippen LogP contribution in [0.15, 0.2) is 91.3 Å². The zero-order valence-corrected chi connectivity index (χ0v) is 39.7. The first-order valence-electron chi connectivity index (χ1n) is 23.4. The Bertz CT molecular complexity index is 2720. The molecule has 0 saturated carbocycles. The predicted molar refractivity (Wildman–Crippen MR) is 255 cm³/mol. The van der Waals surface area contributed by atoms with Crippen LogP contribution >= 0.6 is 23.2 Å². The van der Waals surface area contributed by atoms with Crippen molar-refractivity contribution in [2.75, 3.05) is 39.9 Å². The fourth-order valence-electron chi connectivity index (χ4n) is 9.82. The molecule has 8 heterocycles. The van der Waals surface area contributed by atoms with Crippen LogP contribution in [0.4, 0.5) is 0 Å². The molecule has 350 valence electrons. The number of methoxy groups -OCH3 is 1. The molecular weight excluding hydrogens is 892 g/mol. The molecule has 6 aromatic rings. The molecule has 3 aromatic carbocycles. The quantitative estimate of drug-likeness (QED) is 0.124. The molecule has 0 amide bonds. The number of halogens is 2. The van der Waals surface area contributed by atoms with Crippen LogP contribution in [-0.4, -0.2) is 76.4 Å². The number of ether oxygens (including phenoxy) is 6. The summed E-state index contributed by atoms with van der Waals surface area (Å²) in [6, 6.07) is 25.2. The van der Waals surface area contributed by atoms with Gasteiger partial charge in [0, 0.05) is 32.8 Å². The molecule has 3 aromatic heterocycles. The third-order valence-electron chi connectivity index (χ3n) is 13.7. The van der Waals surface area contributed by atoms with E-state index in [1.807, 2.05) is 62.4 Å². The SMILES string of the molecule is CC1(c2ccc(Cl)cn2)Oc2cccc(CC3CCNCC3)c2O1.COC(=O)c1ccc2nc(CN3CCC(Cc4cccc5c4OC(C)(c4ccc(Cl)cn4)O5)CC3)n(C[C@@H]3CCO3)c2c1. The van der Waals surface area contributed by atoms with Crippen molar-refractivity contribution in [2.45, 2.75) is 89.6 Å². The maximum Gasteiger partial charge on any atom is 0.337 e. The highest BCUT2D eigenvalue weighted by Crippen LogP contribution is 2.48. The van der Waals surface area contributed by atoms with Gasteiger partial charge in [-0.2, -0.15) is 0 Å². The largest absolute Gasteiger partial charge is 0.465 e. The summed E-state index contributed by atoms with van der Waals surface area (Å²) < 4.78 is 38.0. The van der Waals surface area contributed by atoms with Gasteiger partial charge in [-0.05, 0) is 149 Å². The average Bonchev–Trinajstić information content (AvgIpc) is 3.99. The molecule has 3 fully saturated rings. The molecule has 5 aliphatic heterocycles. The molecule has 11 rings (SSSR count). The van der Waals surface area contributed by atoms with E-state index in [0.29, 0.717) is 33.1 Å². The number of hydrogen-bond donors (Lipinski definition) is 1. The van der Waals surface area contributed by atoms with Gasteiger partial charge in [-0.15, -0.1) is 0 Å². The minimum Gasteiger partial charge on any atom is -0.465 e. The summed E-state index contributed by atoms with van der Waals surface area (Å²) in [5.74, 6) is 3.21. The summed E-state index contributed by atoms with van der Waals surface area (Å²) in [7, 11) is 1.41. The lowest BCUT2D eigenvalue weighted by Gasteiger charge is -2.32. The highest BCUT2D eigenvalue weighted by Gasteiger charge is 2.43. The number of rotatable bonds is 11. The van der Waals surface area contributed by atoms with Crippen molar-refractivity contribution >= 4 is 40.2 Å². The normalized spacial score (nSPS) is 22.6. The van der Waals surface area contributed by atoms with E-state index < -0.39 is 11.6 Å². The molecule has 67 heavy (non-hydrogen) atoms. The highest BCUT2D eigenvalue weighted by atomic mass is 35.5. The fraction of sp³-hybridized carbons (Fsp3) is 0.423. The molecule has 0 aliphatic carbocycles. The number of carbonyl (C=O) groups is 1. The number of imidazole rings is 1. The van der Waals surface area contributed by atoms with Gasteiger partial charge in [-0.1, -0.05) is 47.5 Å². The predicted octanol–water partition coefficient (Wildman–Crippen LogP) is 9.68. The van der Waals surface area contributed by atoms with Crippen molar-refractivity contribution in [1.29, 1.82) is 0 Å². The van der Waals surface area contributed by atoms with Gasteiger partial charge in [0.1, 0.15) is 17.2 Å². The number of benzene rings is 3. The van der Waals surface area contributed by atoms with E-state index in [-0.39, 0.29) is 12.1 Å². The lowest BCUT2D eigenvalue weighted by molar-refractivity contribution is -0.0725. The number of likely N-dealkylation sites (tertiary alicyclic amines) is 1. The lowest BCUT2D eigenvalue weighted by Crippen LogP contribution is -2.36.